The van der Waals surface area contributed by atoms with Gasteiger partial charge >= 0.3 is 0 Å². The first-order valence-corrected chi connectivity index (χ1v) is 7.28. The summed E-state index contributed by atoms with van der Waals surface area (Å²) in [6.07, 6.45) is 2.69. The molecule has 0 aliphatic heterocycles. The fourth-order valence-corrected chi connectivity index (χ4v) is 2.77. The van der Waals surface area contributed by atoms with E-state index in [2.05, 4.69) is 0 Å². The summed E-state index contributed by atoms with van der Waals surface area (Å²) >= 11 is 0. The Morgan fingerprint density at radius 3 is 2.62 bits per heavy atom. The normalized spacial score (nSPS) is 20.9. The predicted octanol–water partition coefficient (Wildman–Crippen LogP) is 2.21. The Kier molecular flexibility index (Phi) is 7.72. The average Bonchev–Trinajstić information content (AvgIpc) is 2.90. The zero-order valence-corrected chi connectivity index (χ0v) is 13.3. The van der Waals surface area contributed by atoms with Gasteiger partial charge in [-0.15, -0.1) is 12.4 Å². The van der Waals surface area contributed by atoms with Crippen LogP contribution in [0.1, 0.15) is 24.8 Å². The number of hydrogen-bond acceptors (Lipinski definition) is 3. The van der Waals surface area contributed by atoms with E-state index in [0.29, 0.717) is 19.7 Å². The van der Waals surface area contributed by atoms with Crippen molar-refractivity contribution >= 4 is 18.3 Å². The highest BCUT2D eigenvalue weighted by Gasteiger charge is 2.30. The summed E-state index contributed by atoms with van der Waals surface area (Å²) < 4.78 is 5.13. The molecule has 0 radical (unpaired) electrons. The largest absolute Gasteiger partial charge is 0.383 e. The molecule has 1 aliphatic carbocycles. The first kappa shape index (κ1) is 18.0. The Morgan fingerprint density at radius 2 is 2.05 bits per heavy atom. The van der Waals surface area contributed by atoms with Gasteiger partial charge in [-0.25, -0.2) is 0 Å². The van der Waals surface area contributed by atoms with Crippen LogP contribution in [0.4, 0.5) is 0 Å². The van der Waals surface area contributed by atoms with Gasteiger partial charge in [-0.05, 0) is 24.8 Å². The van der Waals surface area contributed by atoms with E-state index in [0.717, 1.165) is 24.8 Å². The number of amides is 1. The summed E-state index contributed by atoms with van der Waals surface area (Å²) in [7, 11) is 1.66. The molecule has 1 fully saturated rings. The molecule has 0 heterocycles. The van der Waals surface area contributed by atoms with E-state index in [9.17, 15) is 4.79 Å². The third-order valence-corrected chi connectivity index (χ3v) is 3.92. The number of carbonyl (C=O) groups excluding carboxylic acids is 1. The van der Waals surface area contributed by atoms with Gasteiger partial charge < -0.3 is 15.4 Å². The molecule has 2 N–H and O–H groups in total. The Hall–Kier alpha value is -1.10. The lowest BCUT2D eigenvalue weighted by molar-refractivity contribution is -0.136. The van der Waals surface area contributed by atoms with Crippen molar-refractivity contribution in [1.29, 1.82) is 0 Å². The Morgan fingerprint density at radius 1 is 1.33 bits per heavy atom. The first-order chi connectivity index (χ1) is 9.70. The molecule has 5 heteroatoms. The molecule has 2 rings (SSSR count). The number of hydrogen-bond donors (Lipinski definition) is 1. The highest BCUT2D eigenvalue weighted by atomic mass is 35.5. The second-order valence-electron chi connectivity index (χ2n) is 5.51. The summed E-state index contributed by atoms with van der Waals surface area (Å²) in [5.74, 6) is 0.310. The zero-order valence-electron chi connectivity index (χ0n) is 12.5. The highest BCUT2D eigenvalue weighted by Crippen LogP contribution is 2.26. The molecule has 0 saturated heterocycles. The Labute approximate surface area is 133 Å². The molecule has 4 nitrogen and oxygen atoms in total. The van der Waals surface area contributed by atoms with Crippen molar-refractivity contribution in [2.24, 2.45) is 11.7 Å². The van der Waals surface area contributed by atoms with Crippen molar-refractivity contribution in [3.05, 3.63) is 35.9 Å². The van der Waals surface area contributed by atoms with Gasteiger partial charge in [0.15, 0.2) is 0 Å². The molecule has 0 bridgehead atoms. The second-order valence-corrected chi connectivity index (χ2v) is 5.51. The van der Waals surface area contributed by atoms with E-state index in [1.54, 1.807) is 7.11 Å². The van der Waals surface area contributed by atoms with Gasteiger partial charge in [-0.3, -0.25) is 4.79 Å². The lowest BCUT2D eigenvalue weighted by Gasteiger charge is -2.25. The maximum absolute atomic E-state index is 12.6. The molecular formula is C16H25ClN2O2. The van der Waals surface area contributed by atoms with Crippen LogP contribution in [0.5, 0.6) is 0 Å². The molecule has 1 aliphatic rings. The molecule has 118 valence electrons. The molecule has 2 atom stereocenters. The monoisotopic (exact) mass is 312 g/mol. The SMILES string of the molecule is COCCN(Cc1ccccc1)C(=O)C1CCC(N)C1.Cl. The molecule has 21 heavy (non-hydrogen) atoms. The zero-order chi connectivity index (χ0) is 14.4. The van der Waals surface area contributed by atoms with Crippen LogP contribution in [-0.4, -0.2) is 37.1 Å². The Balaban J connectivity index is 0.00000220. The highest BCUT2D eigenvalue weighted by molar-refractivity contribution is 5.85. The summed E-state index contributed by atoms with van der Waals surface area (Å²) in [6.45, 7) is 1.85. The average molecular weight is 313 g/mol. The van der Waals surface area contributed by atoms with Crippen molar-refractivity contribution in [3.8, 4) is 0 Å². The maximum Gasteiger partial charge on any atom is 0.226 e. The molecule has 1 aromatic carbocycles. The van der Waals surface area contributed by atoms with Crippen LogP contribution in [-0.2, 0) is 16.1 Å². The van der Waals surface area contributed by atoms with Crippen LogP contribution in [0, 0.1) is 5.92 Å². The number of benzene rings is 1. The van der Waals surface area contributed by atoms with Gasteiger partial charge in [0, 0.05) is 32.2 Å². The minimum Gasteiger partial charge on any atom is -0.383 e. The summed E-state index contributed by atoms with van der Waals surface area (Å²) in [5.41, 5.74) is 7.07. The number of methoxy groups -OCH3 is 1. The van der Waals surface area contributed by atoms with E-state index >= 15 is 0 Å². The van der Waals surface area contributed by atoms with Crippen LogP contribution in [0.15, 0.2) is 30.3 Å². The van der Waals surface area contributed by atoms with Gasteiger partial charge in [0.05, 0.1) is 6.61 Å². The van der Waals surface area contributed by atoms with Crippen LogP contribution >= 0.6 is 12.4 Å². The first-order valence-electron chi connectivity index (χ1n) is 7.28. The van der Waals surface area contributed by atoms with Gasteiger partial charge in [0.2, 0.25) is 5.91 Å². The molecule has 1 aromatic rings. The van der Waals surface area contributed by atoms with E-state index in [4.69, 9.17) is 10.5 Å². The molecule has 1 saturated carbocycles. The van der Waals surface area contributed by atoms with Crippen molar-refractivity contribution in [2.45, 2.75) is 31.8 Å². The van der Waals surface area contributed by atoms with Crippen LogP contribution < -0.4 is 5.73 Å². The standard InChI is InChI=1S/C16H24N2O2.ClH/c1-20-10-9-18(12-13-5-3-2-4-6-13)16(19)14-7-8-15(17)11-14;/h2-6,14-15H,7-12,17H2,1H3;1H. The lowest BCUT2D eigenvalue weighted by Crippen LogP contribution is -2.37. The second kappa shape index (κ2) is 9.03. The number of carbonyl (C=O) groups is 1. The van der Waals surface area contributed by atoms with E-state index in [-0.39, 0.29) is 30.3 Å². The number of nitrogens with two attached hydrogens (primary N) is 1. The topological polar surface area (TPSA) is 55.6 Å². The number of rotatable bonds is 6. The third kappa shape index (κ3) is 5.30. The smallest absolute Gasteiger partial charge is 0.226 e. The summed E-state index contributed by atoms with van der Waals surface area (Å²) in [4.78, 5) is 14.5. The van der Waals surface area contributed by atoms with E-state index in [1.165, 1.54) is 0 Å². The number of ether oxygens (including phenoxy) is 1. The van der Waals surface area contributed by atoms with Crippen LogP contribution in [0.3, 0.4) is 0 Å². The molecule has 0 spiro atoms. The summed E-state index contributed by atoms with van der Waals surface area (Å²) in [6, 6.07) is 10.3. The van der Waals surface area contributed by atoms with E-state index in [1.807, 2.05) is 35.2 Å². The fraction of sp³-hybridized carbons (Fsp3) is 0.562. The minimum absolute atomic E-state index is 0. The van der Waals surface area contributed by atoms with Gasteiger partial charge in [0.25, 0.3) is 0 Å². The maximum atomic E-state index is 12.6. The predicted molar refractivity (Wildman–Crippen MR) is 86.3 cm³/mol. The van der Waals surface area contributed by atoms with Crippen LogP contribution in [0.2, 0.25) is 0 Å². The molecule has 1 amide bonds. The number of halogens is 1. The van der Waals surface area contributed by atoms with Crippen molar-refractivity contribution in [3.63, 3.8) is 0 Å². The van der Waals surface area contributed by atoms with Crippen LogP contribution in [0.25, 0.3) is 0 Å². The fourth-order valence-electron chi connectivity index (χ4n) is 2.77. The molecule has 2 unspecified atom stereocenters. The molecule has 0 aromatic heterocycles. The van der Waals surface area contributed by atoms with Gasteiger partial charge in [-0.1, -0.05) is 30.3 Å². The quantitative estimate of drug-likeness (QED) is 0.876. The van der Waals surface area contributed by atoms with Crippen molar-refractivity contribution in [1.82, 2.24) is 4.90 Å². The lowest BCUT2D eigenvalue weighted by atomic mass is 10.1. The number of nitrogens with zero attached hydrogens (tertiary/aromatic N) is 1. The molecular weight excluding hydrogens is 288 g/mol. The minimum atomic E-state index is 0. The van der Waals surface area contributed by atoms with Crippen molar-refractivity contribution in [2.75, 3.05) is 20.3 Å². The van der Waals surface area contributed by atoms with Gasteiger partial charge in [0.1, 0.15) is 0 Å². The van der Waals surface area contributed by atoms with E-state index < -0.39 is 0 Å². The Bertz CT molecular complexity index is 428. The van der Waals surface area contributed by atoms with Crippen molar-refractivity contribution < 1.29 is 9.53 Å². The van der Waals surface area contributed by atoms with Gasteiger partial charge in [-0.2, -0.15) is 0 Å². The third-order valence-electron chi connectivity index (χ3n) is 3.92. The summed E-state index contributed by atoms with van der Waals surface area (Å²) in [5, 5.41) is 0.